The number of carbonyl (C=O) groups excluding carboxylic acids is 2. The van der Waals surface area contributed by atoms with E-state index in [4.69, 9.17) is 0 Å². The van der Waals surface area contributed by atoms with Crippen LogP contribution in [0.5, 0.6) is 0 Å². The minimum absolute atomic E-state index is 0.0911. The number of pyridine rings is 1. The number of nitrogens with zero attached hydrogens (tertiary/aromatic N) is 2. The van der Waals surface area contributed by atoms with E-state index in [9.17, 15) is 23.2 Å². The molecule has 35 heavy (non-hydrogen) atoms. The van der Waals surface area contributed by atoms with Gasteiger partial charge in [0, 0.05) is 29.4 Å². The number of benzene rings is 2. The molecule has 0 bridgehead atoms. The van der Waals surface area contributed by atoms with Gasteiger partial charge in [-0.2, -0.15) is 0 Å². The molecule has 2 amide bonds. The topological polar surface area (TPSA) is 71.4 Å². The van der Waals surface area contributed by atoms with Crippen molar-refractivity contribution in [1.82, 2.24) is 4.57 Å². The minimum atomic E-state index is -2.60. The number of alkyl halides is 2. The molecule has 8 heteroatoms. The largest absolute Gasteiger partial charge is 0.325 e. The number of hydrogen-bond donors (Lipinski definition) is 1. The second-order valence-corrected chi connectivity index (χ2v) is 9.18. The zero-order valence-corrected chi connectivity index (χ0v) is 19.4. The molecule has 3 aromatic rings. The third-order valence-corrected chi connectivity index (χ3v) is 6.80. The highest BCUT2D eigenvalue weighted by Crippen LogP contribution is 2.44. The molecule has 1 saturated carbocycles. The molecular formula is C27H25F2N3O3. The van der Waals surface area contributed by atoms with Crippen LogP contribution in [-0.2, 0) is 16.6 Å². The normalized spacial score (nSPS) is 17.1. The van der Waals surface area contributed by atoms with E-state index in [2.05, 4.69) is 5.32 Å². The number of anilines is 2. The quantitative estimate of drug-likeness (QED) is 0.565. The Kier molecular flexibility index (Phi) is 5.75. The third kappa shape index (κ3) is 4.13. The Morgan fingerprint density at radius 2 is 1.74 bits per heavy atom. The van der Waals surface area contributed by atoms with Crippen molar-refractivity contribution in [2.75, 3.05) is 16.8 Å². The van der Waals surface area contributed by atoms with Gasteiger partial charge in [-0.25, -0.2) is 8.78 Å². The first kappa shape index (κ1) is 23.0. The molecule has 1 aromatic heterocycles. The molecule has 180 valence electrons. The monoisotopic (exact) mass is 477 g/mol. The van der Waals surface area contributed by atoms with Gasteiger partial charge in [0.15, 0.2) is 0 Å². The fourth-order valence-electron chi connectivity index (χ4n) is 4.75. The van der Waals surface area contributed by atoms with Crippen molar-refractivity contribution in [3.8, 4) is 11.3 Å². The average Bonchev–Trinajstić information content (AvgIpc) is 3.69. The van der Waals surface area contributed by atoms with Crippen molar-refractivity contribution in [1.29, 1.82) is 0 Å². The fourth-order valence-corrected chi connectivity index (χ4v) is 4.75. The number of rotatable bonds is 5. The summed E-state index contributed by atoms with van der Waals surface area (Å²) < 4.78 is 27.3. The number of aromatic nitrogens is 1. The molecule has 1 fully saturated rings. The Balaban J connectivity index is 1.56. The van der Waals surface area contributed by atoms with E-state index in [0.717, 1.165) is 24.0 Å². The maximum absolute atomic E-state index is 13.6. The first-order chi connectivity index (χ1) is 16.8. The van der Waals surface area contributed by atoms with Crippen LogP contribution in [0.1, 0.15) is 54.7 Å². The predicted molar refractivity (Wildman–Crippen MR) is 130 cm³/mol. The molecule has 1 aliphatic heterocycles. The fraction of sp³-hybridized carbons (Fsp3) is 0.296. The van der Waals surface area contributed by atoms with Crippen molar-refractivity contribution in [3.63, 3.8) is 0 Å². The van der Waals surface area contributed by atoms with Crippen LogP contribution in [0.2, 0.25) is 0 Å². The van der Waals surface area contributed by atoms with Crippen molar-refractivity contribution in [2.24, 2.45) is 7.05 Å². The lowest BCUT2D eigenvalue weighted by atomic mass is 9.94. The summed E-state index contributed by atoms with van der Waals surface area (Å²) in [5.74, 6) is -1.08. The van der Waals surface area contributed by atoms with Crippen molar-refractivity contribution in [2.45, 2.75) is 38.0 Å². The second kappa shape index (κ2) is 8.76. The van der Waals surface area contributed by atoms with Gasteiger partial charge in [-0.1, -0.05) is 36.4 Å². The molecule has 1 unspecified atom stereocenters. The van der Waals surface area contributed by atoms with Crippen LogP contribution in [0.4, 0.5) is 20.2 Å². The summed E-state index contributed by atoms with van der Waals surface area (Å²) in [6.45, 7) is 1.52. The highest BCUT2D eigenvalue weighted by atomic mass is 19.3. The van der Waals surface area contributed by atoms with Crippen LogP contribution in [0.15, 0.2) is 59.4 Å². The number of hydrogen-bond acceptors (Lipinski definition) is 3. The van der Waals surface area contributed by atoms with Crippen LogP contribution in [0, 0.1) is 0 Å². The maximum atomic E-state index is 13.6. The van der Waals surface area contributed by atoms with Gasteiger partial charge < -0.3 is 14.8 Å². The van der Waals surface area contributed by atoms with Gasteiger partial charge in [0.05, 0.1) is 17.3 Å². The lowest BCUT2D eigenvalue weighted by Crippen LogP contribution is -2.40. The average molecular weight is 478 g/mol. The summed E-state index contributed by atoms with van der Waals surface area (Å²) in [6.07, 6.45) is -0.755. The number of amides is 2. The van der Waals surface area contributed by atoms with Crippen LogP contribution in [0.25, 0.3) is 11.3 Å². The Morgan fingerprint density at radius 1 is 1.06 bits per heavy atom. The first-order valence-electron chi connectivity index (χ1n) is 11.6. The zero-order valence-electron chi connectivity index (χ0n) is 19.4. The number of carbonyl (C=O) groups is 2. The summed E-state index contributed by atoms with van der Waals surface area (Å²) in [6, 6.07) is 14.6. The highest BCUT2D eigenvalue weighted by Gasteiger charge is 2.36. The molecule has 0 saturated heterocycles. The molecule has 1 atom stereocenters. The van der Waals surface area contributed by atoms with E-state index in [1.54, 1.807) is 24.6 Å². The van der Waals surface area contributed by atoms with Crippen LogP contribution in [-0.4, -0.2) is 22.9 Å². The van der Waals surface area contributed by atoms with E-state index in [1.165, 1.54) is 29.2 Å². The molecule has 1 N–H and O–H groups in total. The Morgan fingerprint density at radius 3 is 2.40 bits per heavy atom. The summed E-state index contributed by atoms with van der Waals surface area (Å²) in [5, 5.41) is 2.69. The first-order valence-corrected chi connectivity index (χ1v) is 11.6. The molecule has 6 nitrogen and oxygen atoms in total. The number of nitrogens with one attached hydrogen (secondary N) is 1. The number of halogens is 2. The van der Waals surface area contributed by atoms with Gasteiger partial charge in [0.1, 0.15) is 6.54 Å². The van der Waals surface area contributed by atoms with Gasteiger partial charge in [-0.05, 0) is 49.4 Å². The molecule has 1 aliphatic carbocycles. The van der Waals surface area contributed by atoms with E-state index in [1.807, 2.05) is 24.3 Å². The Bertz CT molecular complexity index is 1380. The van der Waals surface area contributed by atoms with Crippen molar-refractivity contribution in [3.05, 3.63) is 81.6 Å². The minimum Gasteiger partial charge on any atom is -0.325 e. The van der Waals surface area contributed by atoms with Gasteiger partial charge >= 0.3 is 0 Å². The molecule has 2 aromatic carbocycles. The van der Waals surface area contributed by atoms with Gasteiger partial charge in [0.25, 0.3) is 12.0 Å². The van der Waals surface area contributed by atoms with Crippen molar-refractivity contribution >= 4 is 23.2 Å². The molecule has 2 aliphatic rings. The Hall–Kier alpha value is -3.81. The van der Waals surface area contributed by atoms with Crippen LogP contribution in [0.3, 0.4) is 0 Å². The van der Waals surface area contributed by atoms with E-state index >= 15 is 0 Å². The third-order valence-electron chi connectivity index (χ3n) is 6.80. The van der Waals surface area contributed by atoms with E-state index in [0.29, 0.717) is 22.6 Å². The lowest BCUT2D eigenvalue weighted by Gasteiger charge is -2.26. The predicted octanol–water partition coefficient (Wildman–Crippen LogP) is 4.96. The second-order valence-electron chi connectivity index (χ2n) is 9.18. The van der Waals surface area contributed by atoms with E-state index < -0.39 is 18.3 Å². The van der Waals surface area contributed by atoms with Crippen molar-refractivity contribution < 1.29 is 18.4 Å². The van der Waals surface area contributed by atoms with Crippen LogP contribution >= 0.6 is 0 Å². The Labute approximate surface area is 201 Å². The maximum Gasteiger partial charge on any atom is 0.263 e. The summed E-state index contributed by atoms with van der Waals surface area (Å²) in [5.41, 5.74) is 3.48. The smallest absolute Gasteiger partial charge is 0.263 e. The highest BCUT2D eigenvalue weighted by molar-refractivity contribution is 6.09. The molecular weight excluding hydrogens is 452 g/mol. The zero-order chi connectivity index (χ0) is 24.9. The molecule has 5 rings (SSSR count). The summed E-state index contributed by atoms with van der Waals surface area (Å²) in [7, 11) is 1.70. The summed E-state index contributed by atoms with van der Waals surface area (Å²) in [4.78, 5) is 41.3. The SMILES string of the molecule is CC1C(=O)N(CC(=O)Nc2ccc(C(F)F)cc2)c2cc(C3CC3)c(=O)n(C)c2-c2ccccc21. The molecule has 2 heterocycles. The number of fused-ring (bicyclic) bond motifs is 3. The lowest BCUT2D eigenvalue weighted by molar-refractivity contribution is -0.122. The standard InChI is InChI=1S/C27H25F2N3O3/c1-15-19-5-3-4-6-20(19)24-22(13-21(16-7-8-16)27(35)31(24)2)32(26(15)34)14-23(33)30-18-11-9-17(10-12-18)25(28)29/h3-6,9-13,15-16,25H,7-8,14H2,1-2H3,(H,30,33). The van der Waals surface area contributed by atoms with Gasteiger partial charge in [-0.3, -0.25) is 14.4 Å². The van der Waals surface area contributed by atoms with Crippen LogP contribution < -0.4 is 15.8 Å². The van der Waals surface area contributed by atoms with Gasteiger partial charge in [0.2, 0.25) is 11.8 Å². The van der Waals surface area contributed by atoms with Gasteiger partial charge in [-0.15, -0.1) is 0 Å². The van der Waals surface area contributed by atoms with E-state index in [-0.39, 0.29) is 29.5 Å². The molecule has 0 radical (unpaired) electrons. The molecule has 0 spiro atoms. The summed E-state index contributed by atoms with van der Waals surface area (Å²) >= 11 is 0.